The number of rotatable bonds is 5. The number of anilines is 1. The van der Waals surface area contributed by atoms with E-state index in [0.29, 0.717) is 29.3 Å². The standard InChI is InChI=1S/C17H16FN3O2/c1-2-23-15(22)11-19-17-16(12-6-5-7-13(18)10-12)20-14-8-3-4-9-21(14)17/h3-10,19H,2,11H2,1H3. The average molecular weight is 313 g/mol. The van der Waals surface area contributed by atoms with Crippen LogP contribution in [0.4, 0.5) is 10.2 Å². The van der Waals surface area contributed by atoms with Crippen molar-refractivity contribution in [2.24, 2.45) is 0 Å². The zero-order valence-corrected chi connectivity index (χ0v) is 12.6. The first-order valence-electron chi connectivity index (χ1n) is 7.31. The molecule has 2 heterocycles. The van der Waals surface area contributed by atoms with Crippen LogP contribution in [0.15, 0.2) is 48.7 Å². The number of fused-ring (bicyclic) bond motifs is 1. The van der Waals surface area contributed by atoms with Gasteiger partial charge in [-0.25, -0.2) is 9.37 Å². The van der Waals surface area contributed by atoms with E-state index in [4.69, 9.17) is 4.74 Å². The van der Waals surface area contributed by atoms with Crippen LogP contribution in [0.2, 0.25) is 0 Å². The summed E-state index contributed by atoms with van der Waals surface area (Å²) >= 11 is 0. The Bertz CT molecular complexity index is 845. The molecule has 0 saturated carbocycles. The lowest BCUT2D eigenvalue weighted by atomic mass is 10.1. The maximum Gasteiger partial charge on any atom is 0.325 e. The molecule has 3 rings (SSSR count). The lowest BCUT2D eigenvalue weighted by Crippen LogP contribution is -2.17. The van der Waals surface area contributed by atoms with Gasteiger partial charge >= 0.3 is 5.97 Å². The van der Waals surface area contributed by atoms with Crippen molar-refractivity contribution >= 4 is 17.4 Å². The lowest BCUT2D eigenvalue weighted by Gasteiger charge is -2.08. The van der Waals surface area contributed by atoms with Crippen LogP contribution >= 0.6 is 0 Å². The molecule has 1 aromatic carbocycles. The molecule has 5 nitrogen and oxygen atoms in total. The number of benzene rings is 1. The van der Waals surface area contributed by atoms with Crippen LogP contribution in [-0.2, 0) is 9.53 Å². The number of hydrogen-bond donors (Lipinski definition) is 1. The van der Waals surface area contributed by atoms with E-state index in [0.717, 1.165) is 0 Å². The Kier molecular flexibility index (Phi) is 4.23. The molecule has 0 radical (unpaired) electrons. The molecule has 118 valence electrons. The smallest absolute Gasteiger partial charge is 0.325 e. The Labute approximate surface area is 132 Å². The van der Waals surface area contributed by atoms with E-state index in [2.05, 4.69) is 10.3 Å². The summed E-state index contributed by atoms with van der Waals surface area (Å²) in [4.78, 5) is 16.1. The summed E-state index contributed by atoms with van der Waals surface area (Å²) in [5.74, 6) is -0.0706. The summed E-state index contributed by atoms with van der Waals surface area (Å²) < 4.78 is 20.3. The molecule has 0 saturated heterocycles. The van der Waals surface area contributed by atoms with E-state index in [1.54, 1.807) is 19.1 Å². The predicted octanol–water partition coefficient (Wildman–Crippen LogP) is 3.12. The maximum atomic E-state index is 13.5. The number of aromatic nitrogens is 2. The van der Waals surface area contributed by atoms with E-state index in [1.165, 1.54) is 12.1 Å². The quantitative estimate of drug-likeness (QED) is 0.735. The summed E-state index contributed by atoms with van der Waals surface area (Å²) in [5.41, 5.74) is 1.93. The Balaban J connectivity index is 2.03. The first-order valence-corrected chi connectivity index (χ1v) is 7.31. The van der Waals surface area contributed by atoms with Crippen LogP contribution in [0.25, 0.3) is 16.9 Å². The van der Waals surface area contributed by atoms with Gasteiger partial charge in [0.25, 0.3) is 0 Å². The van der Waals surface area contributed by atoms with Gasteiger partial charge in [-0.1, -0.05) is 18.2 Å². The van der Waals surface area contributed by atoms with Crippen molar-refractivity contribution in [3.63, 3.8) is 0 Å². The summed E-state index contributed by atoms with van der Waals surface area (Å²) in [6, 6.07) is 11.8. The number of carbonyl (C=O) groups is 1. The molecule has 0 spiro atoms. The molecular formula is C17H16FN3O2. The number of imidazole rings is 1. The van der Waals surface area contributed by atoms with Gasteiger partial charge in [0.15, 0.2) is 0 Å². The Hall–Kier alpha value is -2.89. The Morgan fingerprint density at radius 3 is 2.96 bits per heavy atom. The van der Waals surface area contributed by atoms with Crippen LogP contribution in [0.5, 0.6) is 0 Å². The van der Waals surface area contributed by atoms with E-state index in [1.807, 2.05) is 28.8 Å². The number of esters is 1. The summed E-state index contributed by atoms with van der Waals surface area (Å²) in [6.07, 6.45) is 1.83. The molecule has 2 aromatic heterocycles. The molecule has 0 unspecified atom stereocenters. The van der Waals surface area contributed by atoms with Crippen molar-refractivity contribution in [2.45, 2.75) is 6.92 Å². The molecule has 0 aliphatic heterocycles. The molecule has 1 N–H and O–H groups in total. The van der Waals surface area contributed by atoms with Gasteiger partial charge < -0.3 is 10.1 Å². The highest BCUT2D eigenvalue weighted by atomic mass is 19.1. The normalized spacial score (nSPS) is 10.7. The van der Waals surface area contributed by atoms with Crippen LogP contribution in [0, 0.1) is 5.82 Å². The van der Waals surface area contributed by atoms with Crippen molar-refractivity contribution in [3.8, 4) is 11.3 Å². The van der Waals surface area contributed by atoms with Crippen LogP contribution in [-0.4, -0.2) is 28.5 Å². The molecule has 3 aromatic rings. The van der Waals surface area contributed by atoms with Crippen molar-refractivity contribution in [2.75, 3.05) is 18.5 Å². The number of halogens is 1. The minimum Gasteiger partial charge on any atom is -0.465 e. The molecule has 0 amide bonds. The fourth-order valence-electron chi connectivity index (χ4n) is 2.37. The average Bonchev–Trinajstić information content (AvgIpc) is 2.92. The molecule has 0 fully saturated rings. The highest BCUT2D eigenvalue weighted by molar-refractivity contribution is 5.80. The molecule has 0 bridgehead atoms. The Morgan fingerprint density at radius 1 is 1.30 bits per heavy atom. The first-order chi connectivity index (χ1) is 11.2. The van der Waals surface area contributed by atoms with E-state index in [-0.39, 0.29) is 18.3 Å². The van der Waals surface area contributed by atoms with Gasteiger partial charge in [0.2, 0.25) is 0 Å². The highest BCUT2D eigenvalue weighted by Gasteiger charge is 2.15. The molecule has 0 atom stereocenters. The topological polar surface area (TPSA) is 55.6 Å². The number of nitrogens with zero attached hydrogens (tertiary/aromatic N) is 2. The van der Waals surface area contributed by atoms with E-state index in [9.17, 15) is 9.18 Å². The fourth-order valence-corrected chi connectivity index (χ4v) is 2.37. The summed E-state index contributed by atoms with van der Waals surface area (Å²) in [7, 11) is 0. The second-order valence-corrected chi connectivity index (χ2v) is 4.91. The Morgan fingerprint density at radius 2 is 2.17 bits per heavy atom. The van der Waals surface area contributed by atoms with Crippen molar-refractivity contribution < 1.29 is 13.9 Å². The highest BCUT2D eigenvalue weighted by Crippen LogP contribution is 2.29. The van der Waals surface area contributed by atoms with Crippen molar-refractivity contribution in [3.05, 3.63) is 54.5 Å². The second kappa shape index (κ2) is 6.48. The van der Waals surface area contributed by atoms with Crippen LogP contribution < -0.4 is 5.32 Å². The van der Waals surface area contributed by atoms with Crippen LogP contribution in [0.3, 0.4) is 0 Å². The SMILES string of the molecule is CCOC(=O)CNc1c(-c2cccc(F)c2)nc2ccccn12. The fraction of sp³-hybridized carbons (Fsp3) is 0.176. The molecule has 6 heteroatoms. The van der Waals surface area contributed by atoms with Gasteiger partial charge in [-0.15, -0.1) is 0 Å². The predicted molar refractivity (Wildman–Crippen MR) is 85.7 cm³/mol. The zero-order valence-electron chi connectivity index (χ0n) is 12.6. The molecule has 0 aliphatic rings. The summed E-state index contributed by atoms with van der Waals surface area (Å²) in [5, 5.41) is 3.04. The zero-order chi connectivity index (χ0) is 16.2. The van der Waals surface area contributed by atoms with E-state index < -0.39 is 0 Å². The number of nitrogens with one attached hydrogen (secondary N) is 1. The third kappa shape index (κ3) is 3.15. The number of pyridine rings is 1. The number of ether oxygens (including phenoxy) is 1. The van der Waals surface area contributed by atoms with Crippen LogP contribution in [0.1, 0.15) is 6.92 Å². The second-order valence-electron chi connectivity index (χ2n) is 4.91. The largest absolute Gasteiger partial charge is 0.465 e. The molecular weight excluding hydrogens is 297 g/mol. The van der Waals surface area contributed by atoms with Gasteiger partial charge in [-0.05, 0) is 31.2 Å². The summed E-state index contributed by atoms with van der Waals surface area (Å²) in [6.45, 7) is 2.09. The monoisotopic (exact) mass is 313 g/mol. The van der Waals surface area contributed by atoms with Gasteiger partial charge in [0, 0.05) is 11.8 Å². The molecule has 23 heavy (non-hydrogen) atoms. The number of carbonyl (C=O) groups excluding carboxylic acids is 1. The third-order valence-electron chi connectivity index (χ3n) is 3.33. The van der Waals surface area contributed by atoms with Gasteiger partial charge in [-0.3, -0.25) is 9.20 Å². The minimum absolute atomic E-state index is 0.0127. The molecule has 0 aliphatic carbocycles. The third-order valence-corrected chi connectivity index (χ3v) is 3.33. The van der Waals surface area contributed by atoms with E-state index >= 15 is 0 Å². The lowest BCUT2D eigenvalue weighted by molar-refractivity contribution is -0.140. The first kappa shape index (κ1) is 15.0. The van der Waals surface area contributed by atoms with Gasteiger partial charge in [-0.2, -0.15) is 0 Å². The van der Waals surface area contributed by atoms with Crippen molar-refractivity contribution in [1.29, 1.82) is 0 Å². The van der Waals surface area contributed by atoms with Gasteiger partial charge in [0.1, 0.15) is 29.5 Å². The minimum atomic E-state index is -0.358. The van der Waals surface area contributed by atoms with Gasteiger partial charge in [0.05, 0.1) is 6.61 Å². The van der Waals surface area contributed by atoms with Crippen molar-refractivity contribution in [1.82, 2.24) is 9.38 Å². The maximum absolute atomic E-state index is 13.5. The number of hydrogen-bond acceptors (Lipinski definition) is 4.